The summed E-state index contributed by atoms with van der Waals surface area (Å²) in [6, 6.07) is 8.50. The number of nitrogens with zero attached hydrogens (tertiary/aromatic N) is 1. The molecule has 2 N–H and O–H groups in total. The number of ether oxygens (including phenoxy) is 1. The molecule has 1 amide bonds. The number of carbonyl (C=O) groups excluding carboxylic acids is 2. The molecule has 0 saturated carbocycles. The maximum Gasteiger partial charge on any atom is 0.338 e. The fourth-order valence-electron chi connectivity index (χ4n) is 2.18. The zero-order chi connectivity index (χ0) is 22.3. The number of carbonyl (C=O) groups is 2. The Morgan fingerprint density at radius 3 is 2.63 bits per heavy atom. The van der Waals surface area contributed by atoms with E-state index in [1.807, 2.05) is 0 Å². The van der Waals surface area contributed by atoms with E-state index in [1.54, 1.807) is 0 Å². The number of esters is 1. The van der Waals surface area contributed by atoms with Gasteiger partial charge in [0.25, 0.3) is 11.6 Å². The predicted molar refractivity (Wildman–Crippen MR) is 107 cm³/mol. The van der Waals surface area contributed by atoms with Crippen LogP contribution in [-0.2, 0) is 19.6 Å². The van der Waals surface area contributed by atoms with Gasteiger partial charge < -0.3 is 10.1 Å². The number of halogens is 1. The molecule has 0 saturated heterocycles. The van der Waals surface area contributed by atoms with Crippen LogP contribution in [-0.4, -0.2) is 38.4 Å². The third-order valence-corrected chi connectivity index (χ3v) is 5.14. The second-order valence-electron chi connectivity index (χ2n) is 5.60. The first-order chi connectivity index (χ1) is 14.1. The van der Waals surface area contributed by atoms with E-state index in [9.17, 15) is 28.1 Å². The number of terminal acetylenes is 1. The van der Waals surface area contributed by atoms with Gasteiger partial charge >= 0.3 is 5.97 Å². The highest BCUT2D eigenvalue weighted by molar-refractivity contribution is 7.89. The minimum absolute atomic E-state index is 0.125. The highest BCUT2D eigenvalue weighted by atomic mass is 35.5. The summed E-state index contributed by atoms with van der Waals surface area (Å²) in [5.74, 6) is 0.295. The first-order valence-corrected chi connectivity index (χ1v) is 9.94. The first-order valence-electron chi connectivity index (χ1n) is 8.08. The van der Waals surface area contributed by atoms with Crippen molar-refractivity contribution in [2.45, 2.75) is 4.90 Å². The Bertz CT molecular complexity index is 1140. The second-order valence-corrected chi connectivity index (χ2v) is 7.80. The summed E-state index contributed by atoms with van der Waals surface area (Å²) in [7, 11) is -3.92. The van der Waals surface area contributed by atoms with Gasteiger partial charge in [-0.15, -0.1) is 6.42 Å². The number of anilines is 1. The summed E-state index contributed by atoms with van der Waals surface area (Å²) in [5.41, 5.74) is -0.683. The van der Waals surface area contributed by atoms with Gasteiger partial charge in [-0.25, -0.2) is 13.2 Å². The van der Waals surface area contributed by atoms with Gasteiger partial charge in [-0.2, -0.15) is 4.72 Å². The van der Waals surface area contributed by atoms with Crippen molar-refractivity contribution in [3.8, 4) is 12.3 Å². The van der Waals surface area contributed by atoms with Crippen LogP contribution in [0.5, 0.6) is 0 Å². The van der Waals surface area contributed by atoms with Gasteiger partial charge in [-0.05, 0) is 30.3 Å². The summed E-state index contributed by atoms with van der Waals surface area (Å²) in [5, 5.41) is 13.4. The molecular formula is C18H14ClN3O7S. The Morgan fingerprint density at radius 1 is 1.23 bits per heavy atom. The largest absolute Gasteiger partial charge is 0.452 e. The maximum absolute atomic E-state index is 12.1. The van der Waals surface area contributed by atoms with Crippen molar-refractivity contribution in [1.29, 1.82) is 0 Å². The fraction of sp³-hybridized carbons (Fsp3) is 0.111. The Kier molecular flexibility index (Phi) is 7.48. The van der Waals surface area contributed by atoms with E-state index < -0.39 is 39.1 Å². The van der Waals surface area contributed by atoms with Crippen LogP contribution in [0.2, 0.25) is 5.02 Å². The Morgan fingerprint density at radius 2 is 1.97 bits per heavy atom. The fourth-order valence-corrected chi connectivity index (χ4v) is 3.33. The van der Waals surface area contributed by atoms with Crippen LogP contribution in [0.3, 0.4) is 0 Å². The van der Waals surface area contributed by atoms with Gasteiger partial charge in [0.1, 0.15) is 5.69 Å². The third-order valence-electron chi connectivity index (χ3n) is 3.51. The van der Waals surface area contributed by atoms with Crippen molar-refractivity contribution in [3.05, 3.63) is 63.2 Å². The van der Waals surface area contributed by atoms with E-state index in [4.69, 9.17) is 22.8 Å². The number of hydrogen-bond acceptors (Lipinski definition) is 7. The Balaban J connectivity index is 2.06. The zero-order valence-electron chi connectivity index (χ0n) is 15.1. The molecule has 30 heavy (non-hydrogen) atoms. The SMILES string of the molecule is C#CCNS(=O)(=O)c1cccc(C(=O)OCC(=O)Nc2cc(Cl)ccc2[N+](=O)[O-])c1. The van der Waals surface area contributed by atoms with Crippen LogP contribution in [0.1, 0.15) is 10.4 Å². The lowest BCUT2D eigenvalue weighted by atomic mass is 10.2. The van der Waals surface area contributed by atoms with Crippen molar-refractivity contribution in [2.24, 2.45) is 0 Å². The molecule has 0 aliphatic heterocycles. The monoisotopic (exact) mass is 451 g/mol. The van der Waals surface area contributed by atoms with E-state index >= 15 is 0 Å². The average molecular weight is 452 g/mol. The molecule has 12 heteroatoms. The molecule has 2 aromatic rings. The normalized spacial score (nSPS) is 10.7. The lowest BCUT2D eigenvalue weighted by Crippen LogP contribution is -2.24. The van der Waals surface area contributed by atoms with Gasteiger partial charge in [0.2, 0.25) is 10.0 Å². The number of benzene rings is 2. The molecule has 0 aromatic heterocycles. The maximum atomic E-state index is 12.1. The van der Waals surface area contributed by atoms with Crippen LogP contribution >= 0.6 is 11.6 Å². The molecule has 0 atom stereocenters. The number of sulfonamides is 1. The molecule has 0 unspecified atom stereocenters. The number of rotatable bonds is 8. The molecule has 0 radical (unpaired) electrons. The summed E-state index contributed by atoms with van der Waals surface area (Å²) < 4.78 is 31.1. The van der Waals surface area contributed by atoms with Gasteiger partial charge in [0.15, 0.2) is 6.61 Å². The van der Waals surface area contributed by atoms with Crippen LogP contribution in [0.25, 0.3) is 0 Å². The zero-order valence-corrected chi connectivity index (χ0v) is 16.7. The van der Waals surface area contributed by atoms with Gasteiger partial charge in [-0.3, -0.25) is 14.9 Å². The molecule has 0 aliphatic rings. The molecule has 10 nitrogen and oxygen atoms in total. The molecule has 2 aromatic carbocycles. The first kappa shape index (κ1) is 22.8. The molecule has 0 spiro atoms. The Labute approximate surface area is 176 Å². The highest BCUT2D eigenvalue weighted by Crippen LogP contribution is 2.27. The summed E-state index contributed by atoms with van der Waals surface area (Å²) in [6.07, 6.45) is 5.02. The number of hydrogen-bond donors (Lipinski definition) is 2. The summed E-state index contributed by atoms with van der Waals surface area (Å²) in [4.78, 5) is 34.2. The molecule has 156 valence electrons. The van der Waals surface area contributed by atoms with E-state index in [0.29, 0.717) is 0 Å². The minimum Gasteiger partial charge on any atom is -0.452 e. The van der Waals surface area contributed by atoms with Crippen molar-refractivity contribution < 1.29 is 27.7 Å². The van der Waals surface area contributed by atoms with Crippen molar-refractivity contribution in [1.82, 2.24) is 4.72 Å². The molecule has 0 heterocycles. The number of nitrogens with one attached hydrogen (secondary N) is 2. The molecule has 2 rings (SSSR count). The average Bonchev–Trinajstić information content (AvgIpc) is 2.70. The van der Waals surface area contributed by atoms with Gasteiger partial charge in [0, 0.05) is 11.1 Å². The van der Waals surface area contributed by atoms with Crippen LogP contribution < -0.4 is 10.0 Å². The van der Waals surface area contributed by atoms with E-state index in [1.165, 1.54) is 30.3 Å². The lowest BCUT2D eigenvalue weighted by molar-refractivity contribution is -0.383. The summed E-state index contributed by atoms with van der Waals surface area (Å²) >= 11 is 5.77. The molecule has 0 aliphatic carbocycles. The lowest BCUT2D eigenvalue weighted by Gasteiger charge is -2.09. The van der Waals surface area contributed by atoms with E-state index in [0.717, 1.165) is 12.1 Å². The van der Waals surface area contributed by atoms with Gasteiger partial charge in [0.05, 0.1) is 21.9 Å². The quantitative estimate of drug-likeness (QED) is 0.270. The van der Waals surface area contributed by atoms with E-state index in [2.05, 4.69) is 16.0 Å². The minimum atomic E-state index is -3.92. The second kappa shape index (κ2) is 9.84. The third kappa shape index (κ3) is 6.02. The summed E-state index contributed by atoms with van der Waals surface area (Å²) in [6.45, 7) is -0.998. The van der Waals surface area contributed by atoms with Crippen LogP contribution in [0, 0.1) is 22.5 Å². The Hall–Kier alpha value is -3.46. The number of nitro benzene ring substituents is 1. The van der Waals surface area contributed by atoms with Crippen molar-refractivity contribution in [2.75, 3.05) is 18.5 Å². The standard InChI is InChI=1S/C18H14ClN3O7S/c1-2-8-20-30(27,28)14-5-3-4-12(9-14)18(24)29-11-17(23)21-15-10-13(19)6-7-16(15)22(25)26/h1,3-7,9-10,20H,8,11H2,(H,21,23). The predicted octanol–water partition coefficient (Wildman–Crippen LogP) is 1.96. The van der Waals surface area contributed by atoms with Crippen LogP contribution in [0.15, 0.2) is 47.4 Å². The molecule has 0 bridgehead atoms. The number of nitro groups is 1. The smallest absolute Gasteiger partial charge is 0.338 e. The van der Waals surface area contributed by atoms with E-state index in [-0.39, 0.29) is 27.7 Å². The molecular weight excluding hydrogens is 438 g/mol. The number of amides is 1. The van der Waals surface area contributed by atoms with Crippen LogP contribution in [0.4, 0.5) is 11.4 Å². The molecule has 0 fully saturated rings. The topological polar surface area (TPSA) is 145 Å². The van der Waals surface area contributed by atoms with Gasteiger partial charge in [-0.1, -0.05) is 23.6 Å². The van der Waals surface area contributed by atoms with Crippen molar-refractivity contribution in [3.63, 3.8) is 0 Å². The highest BCUT2D eigenvalue weighted by Gasteiger charge is 2.19. The van der Waals surface area contributed by atoms with Crippen molar-refractivity contribution >= 4 is 44.9 Å².